The van der Waals surface area contributed by atoms with Gasteiger partial charge < -0.3 is 4.90 Å². The van der Waals surface area contributed by atoms with Crippen LogP contribution in [-0.2, 0) is 0 Å². The summed E-state index contributed by atoms with van der Waals surface area (Å²) in [5.74, 6) is 0.770. The molecule has 1 nitrogen and oxygen atoms in total. The van der Waals surface area contributed by atoms with E-state index in [0.29, 0.717) is 0 Å². The molecule has 0 amide bonds. The zero-order valence-electron chi connectivity index (χ0n) is 7.85. The minimum absolute atomic E-state index is 0.185. The Morgan fingerprint density at radius 3 is 3.00 bits per heavy atom. The average Bonchev–Trinajstić information content (AvgIpc) is 2.06. The topological polar surface area (TPSA) is 3.24 Å². The van der Waals surface area contributed by atoms with Gasteiger partial charge in [-0.25, -0.2) is 0 Å². The first kappa shape index (κ1) is 8.83. The summed E-state index contributed by atoms with van der Waals surface area (Å²) in [4.78, 5) is 2.61. The molecule has 2 unspecified atom stereocenters. The summed E-state index contributed by atoms with van der Waals surface area (Å²) in [7, 11) is 2.21. The molecule has 0 aromatic heterocycles. The van der Waals surface area contributed by atoms with Crippen LogP contribution < -0.4 is 0 Å². The van der Waals surface area contributed by atoms with Crippen LogP contribution in [0.15, 0.2) is 0 Å². The lowest BCUT2D eigenvalue weighted by Gasteiger charge is -2.46. The van der Waals surface area contributed by atoms with Gasteiger partial charge in [-0.1, -0.05) is 12.8 Å². The Kier molecular flexibility index (Phi) is 2.35. The molecule has 1 heterocycles. The molecule has 1 aliphatic heterocycles. The Labute approximate surface area is 80.1 Å². The summed E-state index contributed by atoms with van der Waals surface area (Å²) in [6, 6.07) is 0. The SMILES string of the molecule is CN1CCC2(Cl)CCCCC2C1. The first-order valence-corrected chi connectivity index (χ1v) is 5.46. The zero-order chi connectivity index (χ0) is 8.60. The van der Waals surface area contributed by atoms with Gasteiger partial charge in [0.2, 0.25) is 0 Å². The highest BCUT2D eigenvalue weighted by Crippen LogP contribution is 2.44. The molecule has 2 fully saturated rings. The van der Waals surface area contributed by atoms with Crippen LogP contribution >= 0.6 is 11.6 Å². The maximum atomic E-state index is 6.62. The van der Waals surface area contributed by atoms with Gasteiger partial charge in [0, 0.05) is 11.4 Å². The molecule has 2 heteroatoms. The number of piperidine rings is 1. The van der Waals surface area contributed by atoms with E-state index >= 15 is 0 Å². The van der Waals surface area contributed by atoms with Crippen molar-refractivity contribution < 1.29 is 0 Å². The number of halogens is 1. The number of likely N-dealkylation sites (tertiary alicyclic amines) is 1. The van der Waals surface area contributed by atoms with Gasteiger partial charge in [0.25, 0.3) is 0 Å². The van der Waals surface area contributed by atoms with Crippen molar-refractivity contribution in [1.29, 1.82) is 0 Å². The lowest BCUT2D eigenvalue weighted by Crippen LogP contribution is -2.48. The largest absolute Gasteiger partial charge is 0.306 e. The second kappa shape index (κ2) is 3.19. The van der Waals surface area contributed by atoms with E-state index in [1.54, 1.807) is 0 Å². The van der Waals surface area contributed by atoms with Crippen molar-refractivity contribution >= 4 is 11.6 Å². The summed E-state index contributed by atoms with van der Waals surface area (Å²) in [5, 5.41) is 0. The van der Waals surface area contributed by atoms with E-state index in [1.165, 1.54) is 45.2 Å². The van der Waals surface area contributed by atoms with Gasteiger partial charge in [-0.3, -0.25) is 0 Å². The standard InChI is InChI=1S/C10H18ClN/c1-12-7-6-10(11)5-3-2-4-9(10)8-12/h9H,2-8H2,1H3. The van der Waals surface area contributed by atoms with E-state index in [-0.39, 0.29) is 4.87 Å². The minimum Gasteiger partial charge on any atom is -0.306 e. The minimum atomic E-state index is 0.185. The molecular formula is C10H18ClN. The van der Waals surface area contributed by atoms with Crippen molar-refractivity contribution in [3.05, 3.63) is 0 Å². The summed E-state index contributed by atoms with van der Waals surface area (Å²) < 4.78 is 0. The molecule has 2 rings (SSSR count). The van der Waals surface area contributed by atoms with E-state index in [4.69, 9.17) is 11.6 Å². The number of hydrogen-bond acceptors (Lipinski definition) is 1. The fourth-order valence-corrected chi connectivity index (χ4v) is 3.10. The van der Waals surface area contributed by atoms with Crippen LogP contribution in [0.5, 0.6) is 0 Å². The van der Waals surface area contributed by atoms with Crippen LogP contribution in [0.1, 0.15) is 32.1 Å². The molecule has 2 atom stereocenters. The molecule has 0 aromatic rings. The molecule has 70 valence electrons. The summed E-state index contributed by atoms with van der Waals surface area (Å²) in [5.41, 5.74) is 0. The smallest absolute Gasteiger partial charge is 0.0499 e. The van der Waals surface area contributed by atoms with E-state index in [0.717, 1.165) is 5.92 Å². The monoisotopic (exact) mass is 187 g/mol. The number of rotatable bonds is 0. The third kappa shape index (κ3) is 1.49. The van der Waals surface area contributed by atoms with Crippen molar-refractivity contribution in [1.82, 2.24) is 4.90 Å². The molecule has 0 bridgehead atoms. The molecule has 1 aliphatic carbocycles. The summed E-state index contributed by atoms with van der Waals surface area (Å²) in [6.07, 6.45) is 6.56. The quantitative estimate of drug-likeness (QED) is 0.527. The molecular weight excluding hydrogens is 170 g/mol. The Bertz CT molecular complexity index is 171. The van der Waals surface area contributed by atoms with Crippen LogP contribution in [-0.4, -0.2) is 29.9 Å². The number of alkyl halides is 1. The molecule has 2 aliphatic rings. The number of hydrogen-bond donors (Lipinski definition) is 0. The normalized spacial score (nSPS) is 44.0. The molecule has 1 saturated carbocycles. The lowest BCUT2D eigenvalue weighted by molar-refractivity contribution is 0.124. The number of nitrogens with zero attached hydrogens (tertiary/aromatic N) is 1. The Balaban J connectivity index is 2.06. The highest BCUT2D eigenvalue weighted by molar-refractivity contribution is 6.24. The Morgan fingerprint density at radius 2 is 2.17 bits per heavy atom. The first-order chi connectivity index (χ1) is 5.71. The highest BCUT2D eigenvalue weighted by Gasteiger charge is 2.41. The van der Waals surface area contributed by atoms with E-state index in [2.05, 4.69) is 11.9 Å². The molecule has 12 heavy (non-hydrogen) atoms. The van der Waals surface area contributed by atoms with E-state index in [1.807, 2.05) is 0 Å². The fourth-order valence-electron chi connectivity index (χ4n) is 2.70. The van der Waals surface area contributed by atoms with Crippen molar-refractivity contribution in [2.45, 2.75) is 37.0 Å². The van der Waals surface area contributed by atoms with Gasteiger partial charge in [0.05, 0.1) is 0 Å². The first-order valence-electron chi connectivity index (χ1n) is 5.08. The second-order valence-corrected chi connectivity index (χ2v) is 5.24. The predicted octanol–water partition coefficient (Wildman–Crippen LogP) is 2.49. The molecule has 1 saturated heterocycles. The van der Waals surface area contributed by atoms with Crippen LogP contribution in [0.4, 0.5) is 0 Å². The van der Waals surface area contributed by atoms with Gasteiger partial charge in [-0.2, -0.15) is 0 Å². The molecule has 0 N–H and O–H groups in total. The maximum Gasteiger partial charge on any atom is 0.0499 e. The van der Waals surface area contributed by atoms with Crippen LogP contribution in [0.2, 0.25) is 0 Å². The van der Waals surface area contributed by atoms with E-state index < -0.39 is 0 Å². The fraction of sp³-hybridized carbons (Fsp3) is 1.00. The molecule has 0 aromatic carbocycles. The highest BCUT2D eigenvalue weighted by atomic mass is 35.5. The Morgan fingerprint density at radius 1 is 1.33 bits per heavy atom. The third-order valence-electron chi connectivity index (χ3n) is 3.57. The van der Waals surface area contributed by atoms with E-state index in [9.17, 15) is 0 Å². The second-order valence-electron chi connectivity index (χ2n) is 4.49. The van der Waals surface area contributed by atoms with Gasteiger partial charge >= 0.3 is 0 Å². The van der Waals surface area contributed by atoms with Crippen LogP contribution in [0.25, 0.3) is 0 Å². The summed E-state index contributed by atoms with van der Waals surface area (Å²) >= 11 is 6.62. The van der Waals surface area contributed by atoms with Crippen molar-refractivity contribution in [2.24, 2.45) is 5.92 Å². The maximum absolute atomic E-state index is 6.62. The Hall–Kier alpha value is 0.250. The van der Waals surface area contributed by atoms with Crippen LogP contribution in [0.3, 0.4) is 0 Å². The predicted molar refractivity (Wildman–Crippen MR) is 52.7 cm³/mol. The molecule has 0 radical (unpaired) electrons. The zero-order valence-corrected chi connectivity index (χ0v) is 8.61. The van der Waals surface area contributed by atoms with Gasteiger partial charge in [-0.05, 0) is 38.8 Å². The molecule has 0 spiro atoms. The lowest BCUT2D eigenvalue weighted by atomic mass is 9.74. The summed E-state index contributed by atoms with van der Waals surface area (Å²) in [6.45, 7) is 2.42. The van der Waals surface area contributed by atoms with Gasteiger partial charge in [0.1, 0.15) is 0 Å². The number of fused-ring (bicyclic) bond motifs is 1. The van der Waals surface area contributed by atoms with Crippen molar-refractivity contribution in [3.8, 4) is 0 Å². The third-order valence-corrected chi connectivity index (χ3v) is 4.25. The van der Waals surface area contributed by atoms with Gasteiger partial charge in [0.15, 0.2) is 0 Å². The van der Waals surface area contributed by atoms with Gasteiger partial charge in [-0.15, -0.1) is 11.6 Å². The van der Waals surface area contributed by atoms with Crippen LogP contribution in [0, 0.1) is 5.92 Å². The van der Waals surface area contributed by atoms with Crippen molar-refractivity contribution in [2.75, 3.05) is 20.1 Å². The van der Waals surface area contributed by atoms with Crippen molar-refractivity contribution in [3.63, 3.8) is 0 Å². The average molecular weight is 188 g/mol.